The fraction of sp³-hybridized carbons (Fsp3) is 0.467. The van der Waals surface area contributed by atoms with E-state index in [9.17, 15) is 0 Å². The molecular formula is C15H18ClN3O. The Balaban J connectivity index is 1.60. The Morgan fingerprint density at radius 3 is 2.95 bits per heavy atom. The number of rotatable bonds is 6. The summed E-state index contributed by atoms with van der Waals surface area (Å²) in [6, 6.07) is 6.42. The van der Waals surface area contributed by atoms with Crippen molar-refractivity contribution in [3.8, 4) is 11.5 Å². The molecule has 1 aliphatic rings. The van der Waals surface area contributed by atoms with Crippen LogP contribution in [-0.4, -0.2) is 22.8 Å². The van der Waals surface area contributed by atoms with Gasteiger partial charge in [0.2, 0.25) is 11.8 Å². The highest BCUT2D eigenvalue weighted by atomic mass is 35.5. The van der Waals surface area contributed by atoms with Gasteiger partial charge in [0, 0.05) is 23.0 Å². The third-order valence-corrected chi connectivity index (χ3v) is 3.70. The van der Waals surface area contributed by atoms with E-state index in [1.807, 2.05) is 25.1 Å². The fourth-order valence-corrected chi connectivity index (χ4v) is 2.39. The third kappa shape index (κ3) is 3.38. The van der Waals surface area contributed by atoms with Crippen LogP contribution < -0.4 is 5.32 Å². The molecule has 1 saturated carbocycles. The van der Waals surface area contributed by atoms with Gasteiger partial charge in [-0.2, -0.15) is 0 Å². The smallest absolute Gasteiger partial charge is 0.247 e. The maximum absolute atomic E-state index is 5.95. The average Bonchev–Trinajstić information content (AvgIpc) is 3.13. The van der Waals surface area contributed by atoms with Gasteiger partial charge < -0.3 is 9.73 Å². The summed E-state index contributed by atoms with van der Waals surface area (Å²) >= 11 is 5.95. The largest absolute Gasteiger partial charge is 0.421 e. The van der Waals surface area contributed by atoms with Crippen LogP contribution in [0.2, 0.25) is 5.02 Å². The highest BCUT2D eigenvalue weighted by molar-refractivity contribution is 6.30. The maximum atomic E-state index is 5.95. The molecule has 1 fully saturated rings. The lowest BCUT2D eigenvalue weighted by molar-refractivity contribution is 0.490. The minimum Gasteiger partial charge on any atom is -0.421 e. The number of hydrogen-bond donors (Lipinski definition) is 1. The highest BCUT2D eigenvalue weighted by Gasteiger charge is 2.19. The molecule has 20 heavy (non-hydrogen) atoms. The predicted molar refractivity (Wildman–Crippen MR) is 78.8 cm³/mol. The summed E-state index contributed by atoms with van der Waals surface area (Å²) in [6.45, 7) is 3.01. The van der Waals surface area contributed by atoms with Crippen molar-refractivity contribution in [3.05, 3.63) is 34.7 Å². The van der Waals surface area contributed by atoms with Crippen LogP contribution in [0.4, 0.5) is 0 Å². The summed E-state index contributed by atoms with van der Waals surface area (Å²) in [5.74, 6) is 1.27. The molecule has 5 heteroatoms. The molecule has 3 rings (SSSR count). The molecule has 0 aliphatic heterocycles. The van der Waals surface area contributed by atoms with E-state index in [1.54, 1.807) is 0 Å². The molecule has 106 valence electrons. The zero-order chi connectivity index (χ0) is 13.9. The molecule has 1 aromatic carbocycles. The number of hydrogen-bond acceptors (Lipinski definition) is 4. The van der Waals surface area contributed by atoms with E-state index < -0.39 is 0 Å². The normalized spacial score (nSPS) is 14.7. The molecular weight excluding hydrogens is 274 g/mol. The first kappa shape index (κ1) is 13.6. The molecule has 0 bridgehead atoms. The second-order valence-corrected chi connectivity index (χ2v) is 5.73. The lowest BCUT2D eigenvalue weighted by Gasteiger charge is -2.01. The van der Waals surface area contributed by atoms with Gasteiger partial charge in [-0.25, -0.2) is 0 Å². The molecule has 0 unspecified atom stereocenters. The predicted octanol–water partition coefficient (Wildman–Crippen LogP) is 3.38. The fourth-order valence-electron chi connectivity index (χ4n) is 2.16. The van der Waals surface area contributed by atoms with E-state index in [4.69, 9.17) is 16.0 Å². The van der Waals surface area contributed by atoms with Gasteiger partial charge in [0.25, 0.3) is 0 Å². The van der Waals surface area contributed by atoms with E-state index >= 15 is 0 Å². The van der Waals surface area contributed by atoms with Crippen molar-refractivity contribution in [2.75, 3.05) is 6.54 Å². The van der Waals surface area contributed by atoms with E-state index in [2.05, 4.69) is 15.5 Å². The maximum Gasteiger partial charge on any atom is 0.247 e. The van der Waals surface area contributed by atoms with Crippen molar-refractivity contribution in [1.29, 1.82) is 0 Å². The Morgan fingerprint density at radius 1 is 1.35 bits per heavy atom. The van der Waals surface area contributed by atoms with Crippen LogP contribution in [0.25, 0.3) is 11.5 Å². The molecule has 0 atom stereocenters. The lowest BCUT2D eigenvalue weighted by Crippen LogP contribution is -2.17. The first-order valence-corrected chi connectivity index (χ1v) is 7.42. The molecule has 4 nitrogen and oxygen atoms in total. The van der Waals surface area contributed by atoms with Crippen molar-refractivity contribution >= 4 is 11.6 Å². The quantitative estimate of drug-likeness (QED) is 0.829. The molecule has 1 aromatic heterocycles. The van der Waals surface area contributed by atoms with Gasteiger partial charge in [0.1, 0.15) is 0 Å². The van der Waals surface area contributed by atoms with E-state index in [0.717, 1.165) is 41.6 Å². The van der Waals surface area contributed by atoms with Crippen LogP contribution >= 0.6 is 11.6 Å². The second kappa shape index (κ2) is 5.94. The number of aromatic nitrogens is 2. The summed E-state index contributed by atoms with van der Waals surface area (Å²) in [6.07, 6.45) is 4.48. The van der Waals surface area contributed by atoms with Crippen LogP contribution in [0.1, 0.15) is 30.7 Å². The summed E-state index contributed by atoms with van der Waals surface area (Å²) < 4.78 is 5.72. The van der Waals surface area contributed by atoms with Gasteiger partial charge in [-0.15, -0.1) is 10.2 Å². The van der Waals surface area contributed by atoms with Crippen LogP contribution in [0, 0.1) is 6.92 Å². The number of benzene rings is 1. The number of nitrogens with zero attached hydrogens (tertiary/aromatic N) is 2. The van der Waals surface area contributed by atoms with Gasteiger partial charge in [-0.05, 0) is 56.5 Å². The SMILES string of the molecule is Cc1cc(Cl)ccc1-c1nnc(CCCNC2CC2)o1. The Labute approximate surface area is 123 Å². The first-order chi connectivity index (χ1) is 9.72. The highest BCUT2D eigenvalue weighted by Crippen LogP contribution is 2.25. The van der Waals surface area contributed by atoms with E-state index in [1.165, 1.54) is 12.8 Å². The van der Waals surface area contributed by atoms with E-state index in [0.29, 0.717) is 11.8 Å². The molecule has 1 aliphatic carbocycles. The zero-order valence-corrected chi connectivity index (χ0v) is 12.3. The number of aryl methyl sites for hydroxylation is 2. The molecule has 0 spiro atoms. The van der Waals surface area contributed by atoms with Crippen molar-refractivity contribution in [2.24, 2.45) is 0 Å². The minimum absolute atomic E-state index is 0.573. The molecule has 2 aromatic rings. The van der Waals surface area contributed by atoms with Crippen molar-refractivity contribution in [2.45, 2.75) is 38.6 Å². The topological polar surface area (TPSA) is 51.0 Å². The summed E-state index contributed by atoms with van der Waals surface area (Å²) in [5, 5.41) is 12.4. The van der Waals surface area contributed by atoms with Crippen LogP contribution in [0.3, 0.4) is 0 Å². The number of nitrogens with one attached hydrogen (secondary N) is 1. The Bertz CT molecular complexity index is 593. The second-order valence-electron chi connectivity index (χ2n) is 5.29. The number of halogens is 1. The van der Waals surface area contributed by atoms with Crippen LogP contribution in [0.5, 0.6) is 0 Å². The third-order valence-electron chi connectivity index (χ3n) is 3.46. The lowest BCUT2D eigenvalue weighted by atomic mass is 10.1. The standard InChI is InChI=1S/C15H18ClN3O/c1-10-9-11(16)4-7-13(10)15-19-18-14(20-15)3-2-8-17-12-5-6-12/h4,7,9,12,17H,2-3,5-6,8H2,1H3. The molecule has 1 heterocycles. The van der Waals surface area contributed by atoms with Gasteiger partial charge >= 0.3 is 0 Å². The zero-order valence-electron chi connectivity index (χ0n) is 11.5. The van der Waals surface area contributed by atoms with Crippen LogP contribution in [-0.2, 0) is 6.42 Å². The summed E-state index contributed by atoms with van der Waals surface area (Å²) in [7, 11) is 0. The van der Waals surface area contributed by atoms with Crippen molar-refractivity contribution < 1.29 is 4.42 Å². The van der Waals surface area contributed by atoms with Gasteiger partial charge in [-0.1, -0.05) is 11.6 Å². The Morgan fingerprint density at radius 2 is 2.20 bits per heavy atom. The van der Waals surface area contributed by atoms with E-state index in [-0.39, 0.29) is 0 Å². The van der Waals surface area contributed by atoms with Crippen molar-refractivity contribution in [1.82, 2.24) is 15.5 Å². The van der Waals surface area contributed by atoms with Gasteiger partial charge in [0.05, 0.1) is 0 Å². The average molecular weight is 292 g/mol. The minimum atomic E-state index is 0.573. The summed E-state index contributed by atoms with van der Waals surface area (Å²) in [5.41, 5.74) is 1.99. The van der Waals surface area contributed by atoms with Crippen molar-refractivity contribution in [3.63, 3.8) is 0 Å². The molecule has 0 radical (unpaired) electrons. The molecule has 1 N–H and O–H groups in total. The van der Waals surface area contributed by atoms with Crippen LogP contribution in [0.15, 0.2) is 22.6 Å². The molecule has 0 amide bonds. The molecule has 0 saturated heterocycles. The monoisotopic (exact) mass is 291 g/mol. The Kier molecular flexibility index (Phi) is 4.03. The first-order valence-electron chi connectivity index (χ1n) is 7.04. The Hall–Kier alpha value is -1.39. The summed E-state index contributed by atoms with van der Waals surface area (Å²) in [4.78, 5) is 0. The van der Waals surface area contributed by atoms with Gasteiger partial charge in [0.15, 0.2) is 0 Å². The van der Waals surface area contributed by atoms with Gasteiger partial charge in [-0.3, -0.25) is 0 Å².